The van der Waals surface area contributed by atoms with E-state index in [2.05, 4.69) is 10.3 Å². The Hall–Kier alpha value is -0.670. The fourth-order valence-corrected chi connectivity index (χ4v) is 1.85. The predicted molar refractivity (Wildman–Crippen MR) is 50.3 cm³/mol. The van der Waals surface area contributed by atoms with Crippen LogP contribution in [0.2, 0.25) is 0 Å². The van der Waals surface area contributed by atoms with Gasteiger partial charge in [-0.25, -0.2) is 0 Å². The molecule has 0 fully saturated rings. The molecule has 0 aromatic carbocycles. The summed E-state index contributed by atoms with van der Waals surface area (Å²) < 4.78 is 13.2. The van der Waals surface area contributed by atoms with Crippen molar-refractivity contribution in [3.63, 3.8) is 0 Å². The standard InChI is InChI=1S/C7H14N3O2P/c1-4-10-5-7(8-9-10)13(11,12)6(2)3/h5-6H,4H2,1-3H3,(H,11,12). The third-order valence-electron chi connectivity index (χ3n) is 1.88. The van der Waals surface area contributed by atoms with E-state index in [-0.39, 0.29) is 11.1 Å². The molecule has 74 valence electrons. The predicted octanol–water partition coefficient (Wildman–Crippen LogP) is 0.602. The van der Waals surface area contributed by atoms with Gasteiger partial charge in [-0.05, 0) is 6.92 Å². The normalized spacial score (nSPS) is 16.1. The Labute approximate surface area is 77.2 Å². The van der Waals surface area contributed by atoms with Gasteiger partial charge in [0.2, 0.25) is 0 Å². The summed E-state index contributed by atoms with van der Waals surface area (Å²) in [4.78, 5) is 9.61. The van der Waals surface area contributed by atoms with Gasteiger partial charge in [0.05, 0.1) is 6.20 Å². The van der Waals surface area contributed by atoms with E-state index in [4.69, 9.17) is 0 Å². The third-order valence-corrected chi connectivity index (χ3v) is 4.14. The van der Waals surface area contributed by atoms with E-state index in [9.17, 15) is 9.46 Å². The van der Waals surface area contributed by atoms with Crippen molar-refractivity contribution >= 4 is 12.8 Å². The van der Waals surface area contributed by atoms with Gasteiger partial charge in [0.25, 0.3) is 7.37 Å². The molecule has 0 saturated heterocycles. The quantitative estimate of drug-likeness (QED) is 0.730. The van der Waals surface area contributed by atoms with E-state index in [1.165, 1.54) is 6.20 Å². The first-order valence-corrected chi connectivity index (χ1v) is 5.94. The van der Waals surface area contributed by atoms with Crippen LogP contribution in [-0.2, 0) is 11.1 Å². The number of aromatic nitrogens is 3. The SMILES string of the molecule is CCn1cc(P(=O)(O)C(C)C)nn1. The molecule has 0 saturated carbocycles. The molecule has 1 rings (SSSR count). The summed E-state index contributed by atoms with van der Waals surface area (Å²) in [6.45, 7) is 5.96. The smallest absolute Gasteiger partial charge is 0.253 e. The van der Waals surface area contributed by atoms with Gasteiger partial charge in [-0.1, -0.05) is 19.1 Å². The number of hydrogen-bond donors (Lipinski definition) is 1. The molecule has 1 unspecified atom stereocenters. The number of hydrogen-bond acceptors (Lipinski definition) is 3. The fraction of sp³-hybridized carbons (Fsp3) is 0.714. The van der Waals surface area contributed by atoms with Crippen molar-refractivity contribution < 1.29 is 9.46 Å². The van der Waals surface area contributed by atoms with E-state index in [1.807, 2.05) is 6.92 Å². The highest BCUT2D eigenvalue weighted by atomic mass is 31.2. The van der Waals surface area contributed by atoms with Gasteiger partial charge in [-0.3, -0.25) is 9.25 Å². The summed E-state index contributed by atoms with van der Waals surface area (Å²) in [5, 5.41) is 7.40. The van der Waals surface area contributed by atoms with Crippen LogP contribution in [0.15, 0.2) is 6.20 Å². The maximum Gasteiger partial charge on any atom is 0.253 e. The van der Waals surface area contributed by atoms with Crippen molar-refractivity contribution in [1.82, 2.24) is 15.0 Å². The molecule has 0 radical (unpaired) electrons. The topological polar surface area (TPSA) is 68.0 Å². The van der Waals surface area contributed by atoms with Crippen LogP contribution < -0.4 is 5.44 Å². The first kappa shape index (κ1) is 10.4. The van der Waals surface area contributed by atoms with E-state index < -0.39 is 7.37 Å². The largest absolute Gasteiger partial charge is 0.340 e. The molecule has 6 heteroatoms. The van der Waals surface area contributed by atoms with E-state index >= 15 is 0 Å². The van der Waals surface area contributed by atoms with Gasteiger partial charge in [-0.15, -0.1) is 5.10 Å². The summed E-state index contributed by atoms with van der Waals surface area (Å²) in [6.07, 6.45) is 1.53. The zero-order valence-corrected chi connectivity index (χ0v) is 8.90. The lowest BCUT2D eigenvalue weighted by molar-refractivity contribution is 0.479. The van der Waals surface area contributed by atoms with Crippen LogP contribution in [0.5, 0.6) is 0 Å². The van der Waals surface area contributed by atoms with E-state index in [0.717, 1.165) is 0 Å². The highest BCUT2D eigenvalue weighted by Crippen LogP contribution is 2.43. The second-order valence-corrected chi connectivity index (χ2v) is 5.89. The fourth-order valence-electron chi connectivity index (χ4n) is 0.854. The zero-order valence-electron chi connectivity index (χ0n) is 8.01. The molecular weight excluding hydrogens is 189 g/mol. The molecule has 0 amide bonds. The highest BCUT2D eigenvalue weighted by molar-refractivity contribution is 7.66. The maximum absolute atomic E-state index is 11.7. The second-order valence-electron chi connectivity index (χ2n) is 3.15. The Morgan fingerprint density at radius 2 is 2.31 bits per heavy atom. The Kier molecular flexibility index (Phi) is 2.88. The monoisotopic (exact) mass is 203 g/mol. The maximum atomic E-state index is 11.7. The van der Waals surface area contributed by atoms with Crippen molar-refractivity contribution in [2.45, 2.75) is 33.0 Å². The molecule has 0 bridgehead atoms. The molecule has 0 aliphatic rings. The molecule has 0 spiro atoms. The van der Waals surface area contributed by atoms with Crippen LogP contribution in [0.3, 0.4) is 0 Å². The molecule has 5 nitrogen and oxygen atoms in total. The second kappa shape index (κ2) is 3.60. The lowest BCUT2D eigenvalue weighted by Crippen LogP contribution is -2.13. The molecule has 1 N–H and O–H groups in total. The minimum atomic E-state index is -3.30. The van der Waals surface area contributed by atoms with Gasteiger partial charge in [0.1, 0.15) is 0 Å². The zero-order chi connectivity index (χ0) is 10.1. The minimum Gasteiger partial charge on any atom is -0.340 e. The average molecular weight is 203 g/mol. The molecule has 1 atom stereocenters. The van der Waals surface area contributed by atoms with Crippen molar-refractivity contribution in [3.8, 4) is 0 Å². The first-order chi connectivity index (χ1) is 5.98. The minimum absolute atomic E-state index is 0.198. The Balaban J connectivity index is 3.01. The average Bonchev–Trinajstić information content (AvgIpc) is 2.51. The lowest BCUT2D eigenvalue weighted by Gasteiger charge is -2.10. The van der Waals surface area contributed by atoms with Crippen LogP contribution in [0.4, 0.5) is 0 Å². The Morgan fingerprint density at radius 3 is 2.69 bits per heavy atom. The van der Waals surface area contributed by atoms with Crippen LogP contribution in [0, 0.1) is 0 Å². The molecule has 1 aromatic heterocycles. The molecule has 0 aliphatic carbocycles. The van der Waals surface area contributed by atoms with Crippen LogP contribution >= 0.6 is 7.37 Å². The lowest BCUT2D eigenvalue weighted by atomic mass is 10.6. The van der Waals surface area contributed by atoms with Crippen LogP contribution in [0.1, 0.15) is 20.8 Å². The third kappa shape index (κ3) is 1.98. The first-order valence-electron chi connectivity index (χ1n) is 4.21. The highest BCUT2D eigenvalue weighted by Gasteiger charge is 2.28. The van der Waals surface area contributed by atoms with Crippen molar-refractivity contribution in [2.75, 3.05) is 0 Å². The molecule has 1 aromatic rings. The number of rotatable bonds is 3. The summed E-state index contributed by atoms with van der Waals surface area (Å²) in [5.41, 5.74) is -0.112. The van der Waals surface area contributed by atoms with Gasteiger partial charge in [-0.2, -0.15) is 0 Å². The molecule has 13 heavy (non-hydrogen) atoms. The Morgan fingerprint density at radius 1 is 1.69 bits per heavy atom. The van der Waals surface area contributed by atoms with E-state index in [0.29, 0.717) is 6.54 Å². The summed E-state index contributed by atoms with van der Waals surface area (Å²) >= 11 is 0. The van der Waals surface area contributed by atoms with Crippen LogP contribution in [-0.4, -0.2) is 25.5 Å². The van der Waals surface area contributed by atoms with Gasteiger partial charge in [0, 0.05) is 12.2 Å². The summed E-state index contributed by atoms with van der Waals surface area (Å²) in [7, 11) is -3.30. The van der Waals surface area contributed by atoms with Crippen molar-refractivity contribution in [1.29, 1.82) is 0 Å². The molecule has 1 heterocycles. The summed E-state index contributed by atoms with van der Waals surface area (Å²) in [5.74, 6) is 0. The van der Waals surface area contributed by atoms with E-state index in [1.54, 1.807) is 18.5 Å². The van der Waals surface area contributed by atoms with Gasteiger partial charge < -0.3 is 4.89 Å². The van der Waals surface area contributed by atoms with Crippen molar-refractivity contribution in [3.05, 3.63) is 6.20 Å². The van der Waals surface area contributed by atoms with Crippen molar-refractivity contribution in [2.24, 2.45) is 0 Å². The van der Waals surface area contributed by atoms with Crippen LogP contribution in [0.25, 0.3) is 0 Å². The van der Waals surface area contributed by atoms with Gasteiger partial charge >= 0.3 is 0 Å². The summed E-state index contributed by atoms with van der Waals surface area (Å²) in [6, 6.07) is 0. The molecular formula is C7H14N3O2P. The molecule has 0 aliphatic heterocycles. The number of aryl methyl sites for hydroxylation is 1. The Bertz CT molecular complexity index is 334. The number of nitrogens with zero attached hydrogens (tertiary/aromatic N) is 3. The van der Waals surface area contributed by atoms with Gasteiger partial charge in [0.15, 0.2) is 5.44 Å².